The van der Waals surface area contributed by atoms with Crippen LogP contribution in [0.25, 0.3) is 0 Å². The molecule has 9 heteroatoms. The molecule has 0 radical (unpaired) electrons. The van der Waals surface area contributed by atoms with Crippen LogP contribution in [0.5, 0.6) is 0 Å². The molecule has 0 aromatic rings. The van der Waals surface area contributed by atoms with Crippen molar-refractivity contribution in [3.05, 3.63) is 0 Å². The number of aliphatic carboxylic acids is 2. The molecule has 0 unspecified atom stereocenters. The molecule has 0 saturated heterocycles. The van der Waals surface area contributed by atoms with Gasteiger partial charge in [0.2, 0.25) is 5.78 Å². The number of hydrogen-bond acceptors (Lipinski definition) is 4. The summed E-state index contributed by atoms with van der Waals surface area (Å²) in [5, 5.41) is 29.9. The second kappa shape index (κ2) is 11.6. The average molecular weight is 248 g/mol. The van der Waals surface area contributed by atoms with Gasteiger partial charge in [-0.25, -0.2) is 9.59 Å². The van der Waals surface area contributed by atoms with Crippen molar-refractivity contribution in [3.8, 4) is 0 Å². The maximum atomic E-state index is 10.2. The Hall–Kier alpha value is -0.484. The van der Waals surface area contributed by atoms with Crippen LogP contribution in [-0.2, 0) is 14.4 Å². The summed E-state index contributed by atoms with van der Waals surface area (Å²) < 4.78 is 0. The molecule has 0 amide bonds. The van der Waals surface area contributed by atoms with E-state index in [1.165, 1.54) is 0 Å². The first-order chi connectivity index (χ1) is 6.27. The third kappa shape index (κ3) is 24.7. The molecule has 0 bridgehead atoms. The monoisotopic (exact) mass is 248 g/mol. The van der Waals surface area contributed by atoms with Crippen molar-refractivity contribution >= 4 is 75.3 Å². The number of carboxylic acid groups (broad SMARTS) is 4. The third-order valence-corrected chi connectivity index (χ3v) is 0.804. The van der Waals surface area contributed by atoms with Gasteiger partial charge in [-0.2, -0.15) is 0 Å². The van der Waals surface area contributed by atoms with Crippen LogP contribution in [0.15, 0.2) is 0 Å². The maximum absolute atomic E-state index is 10.2. The van der Waals surface area contributed by atoms with Gasteiger partial charge in [0.25, 0.3) is 0 Å². The topological polar surface area (TPSA) is 149 Å². The Bertz CT molecular complexity index is 244. The number of Topliss-reactive ketones (excluding diaryl/α,β-unsaturated/α-hetero) is 1. The molecule has 0 heterocycles. The molecule has 0 fully saturated rings. The van der Waals surface area contributed by atoms with Crippen LogP contribution in [-0.4, -0.2) is 95.7 Å². The fourth-order valence-electron chi connectivity index (χ4n) is 0.327. The second-order valence-corrected chi connectivity index (χ2v) is 1.90. The van der Waals surface area contributed by atoms with Gasteiger partial charge >= 0.3 is 69.5 Å². The van der Waals surface area contributed by atoms with Gasteiger partial charge in [-0.1, -0.05) is 0 Å². The summed E-state index contributed by atoms with van der Waals surface area (Å²) in [4.78, 5) is 38.3. The Balaban J connectivity index is -0.000000249. The van der Waals surface area contributed by atoms with Crippen LogP contribution in [0.2, 0.25) is 0 Å². The quantitative estimate of drug-likeness (QED) is 0.368. The van der Waals surface area contributed by atoms with E-state index in [9.17, 15) is 14.4 Å². The van der Waals surface area contributed by atoms with E-state index in [0.29, 0.717) is 0 Å². The molecule has 0 aromatic heterocycles. The average Bonchev–Trinajstić information content (AvgIpc) is 1.98. The molecule has 4 N–H and O–H groups in total. The second-order valence-electron chi connectivity index (χ2n) is 1.90. The van der Waals surface area contributed by atoms with Gasteiger partial charge in [0.1, 0.15) is 0 Å². The Morgan fingerprint density at radius 2 is 1.13 bits per heavy atom. The summed E-state index contributed by atoms with van der Waals surface area (Å²) in [7, 11) is 0. The Morgan fingerprint density at radius 3 is 1.33 bits per heavy atom. The van der Waals surface area contributed by atoms with Gasteiger partial charge in [0, 0.05) is 6.42 Å². The summed E-state index contributed by atoms with van der Waals surface area (Å²) >= 11 is 0. The SMILES string of the molecule is O=C(O)CCC(=O)C(=O)O.O=C(O)O.[KH]. The first-order valence-electron chi connectivity index (χ1n) is 3.17. The molecule has 8 nitrogen and oxygen atoms in total. The summed E-state index contributed by atoms with van der Waals surface area (Å²) in [5.74, 6) is -3.82. The van der Waals surface area contributed by atoms with Gasteiger partial charge in [-0.15, -0.1) is 0 Å². The molecule has 0 spiro atoms. The van der Waals surface area contributed by atoms with Gasteiger partial charge in [0.05, 0.1) is 6.42 Å². The fraction of sp³-hybridized carbons (Fsp3) is 0.333. The van der Waals surface area contributed by atoms with Gasteiger partial charge in [-0.3, -0.25) is 9.59 Å². The van der Waals surface area contributed by atoms with E-state index in [1.54, 1.807) is 0 Å². The zero-order valence-corrected chi connectivity index (χ0v) is 6.84. The normalized spacial score (nSPS) is 7.47. The van der Waals surface area contributed by atoms with Crippen molar-refractivity contribution in [2.24, 2.45) is 0 Å². The van der Waals surface area contributed by atoms with Gasteiger partial charge in [0.15, 0.2) is 0 Å². The minimum absolute atomic E-state index is 0. The number of rotatable bonds is 4. The van der Waals surface area contributed by atoms with Crippen LogP contribution in [0.1, 0.15) is 12.8 Å². The predicted octanol–water partition coefficient (Wildman–Crippen LogP) is -0.921. The summed E-state index contributed by atoms with van der Waals surface area (Å²) in [6.45, 7) is 0. The number of carboxylic acids is 2. The summed E-state index contributed by atoms with van der Waals surface area (Å²) in [5.41, 5.74) is 0. The zero-order chi connectivity index (χ0) is 11.7. The van der Waals surface area contributed by atoms with E-state index < -0.39 is 36.7 Å². The molecular weight excluding hydrogens is 239 g/mol. The Morgan fingerprint density at radius 1 is 0.800 bits per heavy atom. The van der Waals surface area contributed by atoms with Crippen LogP contribution in [0.3, 0.4) is 0 Å². The van der Waals surface area contributed by atoms with Crippen LogP contribution >= 0.6 is 0 Å². The first-order valence-corrected chi connectivity index (χ1v) is 3.17. The molecule has 0 saturated carbocycles. The minimum atomic E-state index is -1.83. The van der Waals surface area contributed by atoms with E-state index in [-0.39, 0.29) is 51.4 Å². The van der Waals surface area contributed by atoms with E-state index in [1.807, 2.05) is 0 Å². The van der Waals surface area contributed by atoms with Crippen molar-refractivity contribution in [2.75, 3.05) is 0 Å². The number of carbonyl (C=O) groups is 4. The number of carbonyl (C=O) groups excluding carboxylic acids is 1. The number of hydrogen-bond donors (Lipinski definition) is 4. The molecule has 0 aliphatic rings. The van der Waals surface area contributed by atoms with Gasteiger partial charge in [-0.05, 0) is 0 Å². The molecule has 15 heavy (non-hydrogen) atoms. The molecule has 0 rings (SSSR count). The number of ketones is 1. The standard InChI is InChI=1S/C5H6O5.CH2O3.K.H/c6-3(5(9)10)1-2-4(7)8;2-1(3)4;;/h1-2H2,(H,7,8)(H,9,10);(H2,2,3,4);;. The molecule has 0 aliphatic carbocycles. The van der Waals surface area contributed by atoms with Crippen molar-refractivity contribution in [1.29, 1.82) is 0 Å². The van der Waals surface area contributed by atoms with E-state index in [4.69, 9.17) is 25.2 Å². The van der Waals surface area contributed by atoms with Crippen molar-refractivity contribution < 1.29 is 39.6 Å². The van der Waals surface area contributed by atoms with E-state index >= 15 is 0 Å². The fourth-order valence-corrected chi connectivity index (χ4v) is 0.327. The Kier molecular flexibility index (Phi) is 15.5. The molecule has 0 aromatic carbocycles. The van der Waals surface area contributed by atoms with Crippen molar-refractivity contribution in [1.82, 2.24) is 0 Å². The van der Waals surface area contributed by atoms with Crippen LogP contribution in [0.4, 0.5) is 4.79 Å². The van der Waals surface area contributed by atoms with Crippen molar-refractivity contribution in [2.45, 2.75) is 12.8 Å². The predicted molar refractivity (Wildman–Crippen MR) is 47.3 cm³/mol. The van der Waals surface area contributed by atoms with Crippen LogP contribution in [0, 0.1) is 0 Å². The van der Waals surface area contributed by atoms with E-state index in [2.05, 4.69) is 0 Å². The molecule has 0 atom stereocenters. The third-order valence-electron chi connectivity index (χ3n) is 0.804. The molecule has 0 aliphatic heterocycles. The molecular formula is C6H9KO8. The van der Waals surface area contributed by atoms with Crippen molar-refractivity contribution in [3.63, 3.8) is 0 Å². The molecule has 82 valence electrons. The first kappa shape index (κ1) is 20.0. The summed E-state index contributed by atoms with van der Waals surface area (Å²) in [6.07, 6.45) is -2.70. The zero-order valence-electron chi connectivity index (χ0n) is 6.84. The summed E-state index contributed by atoms with van der Waals surface area (Å²) in [6, 6.07) is 0. The van der Waals surface area contributed by atoms with E-state index in [0.717, 1.165) is 0 Å². The Labute approximate surface area is 126 Å². The van der Waals surface area contributed by atoms with Gasteiger partial charge < -0.3 is 20.4 Å². The van der Waals surface area contributed by atoms with Crippen LogP contribution < -0.4 is 0 Å².